The third kappa shape index (κ3) is 4.67. The molecule has 27 heavy (non-hydrogen) atoms. The molecule has 2 aromatic carbocycles. The number of nitrogens with one attached hydrogen (secondary N) is 1. The van der Waals surface area contributed by atoms with Crippen molar-refractivity contribution in [1.29, 1.82) is 0 Å². The van der Waals surface area contributed by atoms with Crippen molar-refractivity contribution in [2.24, 2.45) is 0 Å². The summed E-state index contributed by atoms with van der Waals surface area (Å²) in [6.45, 7) is 6.05. The van der Waals surface area contributed by atoms with E-state index in [2.05, 4.69) is 35.4 Å². The first-order valence-corrected chi connectivity index (χ1v) is 10.3. The molecule has 0 aliphatic rings. The van der Waals surface area contributed by atoms with Gasteiger partial charge < -0.3 is 10.2 Å². The van der Waals surface area contributed by atoms with Crippen LogP contribution in [0.5, 0.6) is 0 Å². The molecule has 0 aliphatic heterocycles. The molecule has 1 N–H and O–H groups in total. The smallest absolute Gasteiger partial charge is 0.240 e. The second-order valence-corrected chi connectivity index (χ2v) is 8.80. The predicted octanol–water partition coefficient (Wildman–Crippen LogP) is 5.04. The van der Waals surface area contributed by atoms with Crippen LogP contribution in [0, 0.1) is 13.8 Å². The number of rotatable bonds is 6. The van der Waals surface area contributed by atoms with Crippen LogP contribution in [0.3, 0.4) is 0 Å². The van der Waals surface area contributed by atoms with Crippen molar-refractivity contribution in [2.45, 2.75) is 30.4 Å². The minimum atomic E-state index is -0.253. The molecule has 140 valence electrons. The maximum Gasteiger partial charge on any atom is 0.240 e. The van der Waals surface area contributed by atoms with Crippen LogP contribution in [-0.4, -0.2) is 28.4 Å². The van der Waals surface area contributed by atoms with E-state index < -0.39 is 0 Å². The lowest BCUT2D eigenvalue weighted by Gasteiger charge is -2.20. The molecular weight excluding hydrogens is 376 g/mol. The van der Waals surface area contributed by atoms with Crippen LogP contribution in [0.1, 0.15) is 18.1 Å². The number of thioether (sulfide) groups is 1. The molecule has 0 bridgehead atoms. The van der Waals surface area contributed by atoms with E-state index in [-0.39, 0.29) is 11.2 Å². The quantitative estimate of drug-likeness (QED) is 0.589. The second kappa shape index (κ2) is 8.54. The fraction of sp³-hybridized carbons (Fsp3) is 0.250. The number of nitrogens with zero attached hydrogens (tertiary/aromatic N) is 3. The first-order valence-electron chi connectivity index (χ1n) is 8.61. The van der Waals surface area contributed by atoms with Crippen LogP contribution in [0.2, 0.25) is 0 Å². The number of amides is 1. The summed E-state index contributed by atoms with van der Waals surface area (Å²) in [6, 6.07) is 15.8. The molecule has 0 saturated heterocycles. The number of hydrogen-bond donors (Lipinski definition) is 1. The van der Waals surface area contributed by atoms with Gasteiger partial charge in [0.2, 0.25) is 11.0 Å². The summed E-state index contributed by atoms with van der Waals surface area (Å²) in [7, 11) is 1.79. The Morgan fingerprint density at radius 2 is 1.85 bits per heavy atom. The molecule has 1 heterocycles. The van der Waals surface area contributed by atoms with Crippen molar-refractivity contribution >= 4 is 45.5 Å². The average Bonchev–Trinajstić information content (AvgIpc) is 3.11. The van der Waals surface area contributed by atoms with E-state index in [4.69, 9.17) is 0 Å². The van der Waals surface area contributed by atoms with Crippen LogP contribution in [0.25, 0.3) is 0 Å². The molecule has 0 fully saturated rings. The number of carbonyl (C=O) groups is 1. The van der Waals surface area contributed by atoms with Gasteiger partial charge in [0, 0.05) is 18.4 Å². The fourth-order valence-electron chi connectivity index (χ4n) is 2.56. The second-order valence-electron chi connectivity index (χ2n) is 6.24. The molecule has 1 unspecified atom stereocenters. The topological polar surface area (TPSA) is 58.1 Å². The molecule has 7 heteroatoms. The summed E-state index contributed by atoms with van der Waals surface area (Å²) in [5.41, 5.74) is 4.32. The first kappa shape index (κ1) is 19.4. The largest absolute Gasteiger partial charge is 0.330 e. The van der Waals surface area contributed by atoms with Gasteiger partial charge in [-0.25, -0.2) is 0 Å². The Morgan fingerprint density at radius 1 is 1.11 bits per heavy atom. The molecule has 0 radical (unpaired) electrons. The Labute approximate surface area is 167 Å². The van der Waals surface area contributed by atoms with Gasteiger partial charge in [0.15, 0.2) is 4.34 Å². The highest BCUT2D eigenvalue weighted by atomic mass is 32.2. The molecule has 5 nitrogen and oxygen atoms in total. The number of aromatic nitrogens is 2. The molecule has 3 aromatic rings. The molecule has 0 spiro atoms. The first-order chi connectivity index (χ1) is 13.0. The normalized spacial score (nSPS) is 11.9. The zero-order valence-corrected chi connectivity index (χ0v) is 17.4. The monoisotopic (exact) mass is 398 g/mol. The zero-order chi connectivity index (χ0) is 19.4. The van der Waals surface area contributed by atoms with E-state index in [0.717, 1.165) is 20.8 Å². The Kier molecular flexibility index (Phi) is 6.13. The van der Waals surface area contributed by atoms with E-state index in [0.29, 0.717) is 0 Å². The number of carbonyl (C=O) groups excluding carboxylic acids is 1. The van der Waals surface area contributed by atoms with E-state index in [1.54, 1.807) is 11.9 Å². The SMILES string of the molecule is Cc1cccc(Nc2nnc(SC(C)C(=O)N(C)c3ccccc3)s2)c1C. The van der Waals surface area contributed by atoms with Gasteiger partial charge in [-0.15, -0.1) is 10.2 Å². The number of para-hydroxylation sites is 1. The van der Waals surface area contributed by atoms with Gasteiger partial charge in [0.1, 0.15) is 0 Å². The summed E-state index contributed by atoms with van der Waals surface area (Å²) in [6.07, 6.45) is 0. The molecule has 3 rings (SSSR count). The Balaban J connectivity index is 1.65. The lowest BCUT2D eigenvalue weighted by molar-refractivity contribution is -0.117. The van der Waals surface area contributed by atoms with Gasteiger partial charge in [0.25, 0.3) is 0 Å². The molecule has 0 aliphatic carbocycles. The maximum absolute atomic E-state index is 12.7. The highest BCUT2D eigenvalue weighted by molar-refractivity contribution is 8.02. The minimum absolute atomic E-state index is 0.0328. The van der Waals surface area contributed by atoms with Crippen molar-refractivity contribution < 1.29 is 4.79 Å². The van der Waals surface area contributed by atoms with Gasteiger partial charge in [-0.2, -0.15) is 0 Å². The molecular formula is C20H22N4OS2. The third-order valence-electron chi connectivity index (χ3n) is 4.35. The molecule has 1 amide bonds. The van der Waals surface area contributed by atoms with E-state index in [9.17, 15) is 4.79 Å². The van der Waals surface area contributed by atoms with Gasteiger partial charge in [-0.05, 0) is 50.1 Å². The summed E-state index contributed by atoms with van der Waals surface area (Å²) < 4.78 is 0.769. The predicted molar refractivity (Wildman–Crippen MR) is 114 cm³/mol. The van der Waals surface area contributed by atoms with E-state index >= 15 is 0 Å². The van der Waals surface area contributed by atoms with Gasteiger partial charge in [0.05, 0.1) is 5.25 Å². The highest BCUT2D eigenvalue weighted by Gasteiger charge is 2.21. The van der Waals surface area contributed by atoms with Gasteiger partial charge in [-0.1, -0.05) is 53.4 Å². The number of anilines is 3. The summed E-state index contributed by atoms with van der Waals surface area (Å²) in [5.74, 6) is 0.0328. The highest BCUT2D eigenvalue weighted by Crippen LogP contribution is 2.32. The number of hydrogen-bond acceptors (Lipinski definition) is 6. The number of aryl methyl sites for hydroxylation is 1. The third-order valence-corrected chi connectivity index (χ3v) is 6.36. The molecule has 1 aromatic heterocycles. The van der Waals surface area contributed by atoms with E-state index in [1.165, 1.54) is 34.2 Å². The lowest BCUT2D eigenvalue weighted by atomic mass is 10.1. The summed E-state index contributed by atoms with van der Waals surface area (Å²) in [5, 5.41) is 12.2. The molecule has 0 saturated carbocycles. The van der Waals surface area contributed by atoms with Crippen molar-refractivity contribution in [1.82, 2.24) is 10.2 Å². The zero-order valence-electron chi connectivity index (χ0n) is 15.8. The van der Waals surface area contributed by atoms with Crippen LogP contribution in [-0.2, 0) is 4.79 Å². The van der Waals surface area contributed by atoms with Crippen LogP contribution < -0.4 is 10.2 Å². The molecule has 1 atom stereocenters. The summed E-state index contributed by atoms with van der Waals surface area (Å²) in [4.78, 5) is 14.3. The number of benzene rings is 2. The van der Waals surface area contributed by atoms with Crippen molar-refractivity contribution in [3.8, 4) is 0 Å². The minimum Gasteiger partial charge on any atom is -0.330 e. The van der Waals surface area contributed by atoms with Crippen molar-refractivity contribution in [3.63, 3.8) is 0 Å². The summed E-state index contributed by atoms with van der Waals surface area (Å²) >= 11 is 2.88. The van der Waals surface area contributed by atoms with Crippen molar-refractivity contribution in [2.75, 3.05) is 17.3 Å². The fourth-order valence-corrected chi connectivity index (χ4v) is 4.56. The maximum atomic E-state index is 12.7. The van der Waals surface area contributed by atoms with E-state index in [1.807, 2.05) is 49.4 Å². The van der Waals surface area contributed by atoms with Crippen LogP contribution in [0.4, 0.5) is 16.5 Å². The van der Waals surface area contributed by atoms with Gasteiger partial charge in [-0.3, -0.25) is 4.79 Å². The average molecular weight is 399 g/mol. The lowest BCUT2D eigenvalue weighted by Crippen LogP contribution is -2.33. The standard InChI is InChI=1S/C20H22N4OS2/c1-13-9-8-12-17(14(13)2)21-19-22-23-20(27-19)26-15(3)18(25)24(4)16-10-6-5-7-11-16/h5-12,15H,1-4H3,(H,21,22). The van der Waals surface area contributed by atoms with Crippen LogP contribution in [0.15, 0.2) is 52.9 Å². The van der Waals surface area contributed by atoms with Gasteiger partial charge >= 0.3 is 0 Å². The Morgan fingerprint density at radius 3 is 2.59 bits per heavy atom. The Bertz CT molecular complexity index is 927. The Hall–Kier alpha value is -2.38. The van der Waals surface area contributed by atoms with Crippen LogP contribution >= 0.6 is 23.1 Å². The van der Waals surface area contributed by atoms with Crippen molar-refractivity contribution in [3.05, 3.63) is 59.7 Å².